The molecule has 0 amide bonds. The van der Waals surface area contributed by atoms with Crippen LogP contribution in [0.2, 0.25) is 0 Å². The Bertz CT molecular complexity index is 886. The van der Waals surface area contributed by atoms with E-state index in [0.717, 1.165) is 20.3 Å². The minimum absolute atomic E-state index is 0.571. The number of aromatic nitrogens is 7. The number of fused-ring (bicyclic) bond motifs is 1. The van der Waals surface area contributed by atoms with Crippen molar-refractivity contribution in [2.45, 2.75) is 15.9 Å². The first-order valence-corrected chi connectivity index (χ1v) is 7.83. The number of hydrogen-bond acceptors (Lipinski definition) is 10. The molecule has 0 aliphatic heterocycles. The molecule has 9 nitrogen and oxygen atoms in total. The number of anilines is 1. The predicted octanol–water partition coefficient (Wildman–Crippen LogP) is 1.73. The highest BCUT2D eigenvalue weighted by molar-refractivity contribution is 8.01. The standard InChI is InChI=1S/C11H8N8OS2/c1-2-7(20-5-1)6-12-10-14-15-11(22-10)21-9-4-3-8-13-17-18-19(8)16-9/h1-5H,6H2,(H,12,14). The number of hydrogen-bond donors (Lipinski definition) is 1. The molecule has 110 valence electrons. The maximum Gasteiger partial charge on any atom is 0.206 e. The van der Waals surface area contributed by atoms with Crippen LogP contribution < -0.4 is 5.32 Å². The molecule has 11 heteroatoms. The summed E-state index contributed by atoms with van der Waals surface area (Å²) in [5.74, 6) is 0.843. The van der Waals surface area contributed by atoms with Crippen LogP contribution in [0.1, 0.15) is 5.76 Å². The fraction of sp³-hybridized carbons (Fsp3) is 0.0909. The topological polar surface area (TPSA) is 107 Å². The Morgan fingerprint density at radius 1 is 1.23 bits per heavy atom. The molecular formula is C11H8N8OS2. The van der Waals surface area contributed by atoms with Crippen LogP contribution in [0.25, 0.3) is 5.65 Å². The molecule has 22 heavy (non-hydrogen) atoms. The third-order valence-electron chi connectivity index (χ3n) is 2.64. The van der Waals surface area contributed by atoms with Crippen LogP contribution in [0.3, 0.4) is 0 Å². The summed E-state index contributed by atoms with van der Waals surface area (Å²) in [5, 5.41) is 28.2. The van der Waals surface area contributed by atoms with Gasteiger partial charge in [0.1, 0.15) is 10.8 Å². The molecule has 0 aliphatic carbocycles. The Morgan fingerprint density at radius 2 is 2.23 bits per heavy atom. The Labute approximate surface area is 131 Å². The quantitative estimate of drug-likeness (QED) is 0.584. The van der Waals surface area contributed by atoms with Gasteiger partial charge in [-0.05, 0) is 46.5 Å². The fourth-order valence-electron chi connectivity index (χ4n) is 1.68. The zero-order valence-electron chi connectivity index (χ0n) is 10.9. The van der Waals surface area contributed by atoms with Crippen molar-refractivity contribution in [1.29, 1.82) is 0 Å². The van der Waals surface area contributed by atoms with Gasteiger partial charge in [0.05, 0.1) is 12.8 Å². The number of nitrogens with zero attached hydrogens (tertiary/aromatic N) is 7. The number of furan rings is 1. The molecule has 0 radical (unpaired) electrons. The van der Waals surface area contributed by atoms with Gasteiger partial charge in [-0.25, -0.2) is 0 Å². The van der Waals surface area contributed by atoms with Gasteiger partial charge in [0.2, 0.25) is 5.13 Å². The monoisotopic (exact) mass is 332 g/mol. The second kappa shape index (κ2) is 5.69. The van der Waals surface area contributed by atoms with E-state index < -0.39 is 0 Å². The Balaban J connectivity index is 1.44. The van der Waals surface area contributed by atoms with E-state index >= 15 is 0 Å². The van der Waals surface area contributed by atoms with Crippen LogP contribution in [0.5, 0.6) is 0 Å². The van der Waals surface area contributed by atoms with Crippen molar-refractivity contribution in [3.63, 3.8) is 0 Å². The average molecular weight is 332 g/mol. The normalized spacial score (nSPS) is 11.1. The summed E-state index contributed by atoms with van der Waals surface area (Å²) in [6.45, 7) is 0.571. The van der Waals surface area contributed by atoms with Gasteiger partial charge in [0.15, 0.2) is 9.99 Å². The van der Waals surface area contributed by atoms with Gasteiger partial charge in [-0.2, -0.15) is 0 Å². The van der Waals surface area contributed by atoms with Crippen LogP contribution in [-0.4, -0.2) is 35.5 Å². The summed E-state index contributed by atoms with van der Waals surface area (Å²) >= 11 is 2.85. The Morgan fingerprint density at radius 3 is 3.14 bits per heavy atom. The molecule has 4 aromatic heterocycles. The summed E-state index contributed by atoms with van der Waals surface area (Å²) in [7, 11) is 0. The minimum atomic E-state index is 0.571. The lowest BCUT2D eigenvalue weighted by Crippen LogP contribution is -1.96. The molecular weight excluding hydrogens is 324 g/mol. The molecule has 1 N–H and O–H groups in total. The minimum Gasteiger partial charge on any atom is -0.467 e. The molecule has 0 spiro atoms. The van der Waals surface area contributed by atoms with Gasteiger partial charge in [-0.15, -0.1) is 25.0 Å². The van der Waals surface area contributed by atoms with Gasteiger partial charge in [0.25, 0.3) is 0 Å². The van der Waals surface area contributed by atoms with Gasteiger partial charge in [-0.1, -0.05) is 11.3 Å². The molecule has 0 saturated heterocycles. The Kier molecular flexibility index (Phi) is 3.40. The molecule has 0 bridgehead atoms. The molecule has 0 saturated carbocycles. The first kappa shape index (κ1) is 13.2. The maximum atomic E-state index is 5.25. The van der Waals surface area contributed by atoms with Crippen LogP contribution in [0, 0.1) is 0 Å². The molecule has 4 aromatic rings. The van der Waals surface area contributed by atoms with E-state index in [1.165, 1.54) is 27.7 Å². The van der Waals surface area contributed by atoms with E-state index in [1.807, 2.05) is 18.2 Å². The first-order chi connectivity index (χ1) is 10.9. The molecule has 0 aliphatic rings. The largest absolute Gasteiger partial charge is 0.467 e. The molecule has 4 rings (SSSR count). The SMILES string of the molecule is c1coc(CNc2nnc(Sc3ccc4nnnn4n3)s2)c1. The van der Waals surface area contributed by atoms with Crippen LogP contribution in [-0.2, 0) is 6.54 Å². The van der Waals surface area contributed by atoms with E-state index in [-0.39, 0.29) is 0 Å². The molecule has 4 heterocycles. The summed E-state index contributed by atoms with van der Waals surface area (Å²) < 4.78 is 7.40. The van der Waals surface area contributed by atoms with Crippen molar-refractivity contribution in [3.8, 4) is 0 Å². The Hall–Kier alpha value is -2.53. The average Bonchev–Trinajstić information content (AvgIpc) is 3.27. The number of nitrogens with one attached hydrogen (secondary N) is 1. The molecule has 0 fully saturated rings. The highest BCUT2D eigenvalue weighted by Gasteiger charge is 2.09. The van der Waals surface area contributed by atoms with Crippen molar-refractivity contribution >= 4 is 33.9 Å². The van der Waals surface area contributed by atoms with E-state index in [0.29, 0.717) is 12.2 Å². The molecule has 0 aromatic carbocycles. The van der Waals surface area contributed by atoms with Gasteiger partial charge >= 0.3 is 0 Å². The second-order valence-corrected chi connectivity index (χ2v) is 6.35. The second-order valence-electron chi connectivity index (χ2n) is 4.11. The lowest BCUT2D eigenvalue weighted by atomic mass is 10.4. The van der Waals surface area contributed by atoms with Crippen molar-refractivity contribution in [1.82, 2.24) is 35.5 Å². The van der Waals surface area contributed by atoms with Gasteiger partial charge in [-0.3, -0.25) is 0 Å². The number of rotatable bonds is 5. The van der Waals surface area contributed by atoms with Crippen LogP contribution in [0.4, 0.5) is 5.13 Å². The summed E-state index contributed by atoms with van der Waals surface area (Å²) in [6.07, 6.45) is 1.64. The van der Waals surface area contributed by atoms with E-state index in [4.69, 9.17) is 4.42 Å². The fourth-order valence-corrected chi connectivity index (χ4v) is 3.32. The maximum absolute atomic E-state index is 5.25. The summed E-state index contributed by atoms with van der Waals surface area (Å²) in [5.41, 5.74) is 0.599. The third kappa shape index (κ3) is 2.76. The van der Waals surface area contributed by atoms with Crippen molar-refractivity contribution in [2.24, 2.45) is 0 Å². The lowest BCUT2D eigenvalue weighted by molar-refractivity contribution is 0.518. The van der Waals surface area contributed by atoms with Crippen molar-refractivity contribution in [2.75, 3.05) is 5.32 Å². The summed E-state index contributed by atoms with van der Waals surface area (Å²) in [6, 6.07) is 7.38. The van der Waals surface area contributed by atoms with Crippen molar-refractivity contribution < 1.29 is 4.42 Å². The zero-order valence-corrected chi connectivity index (χ0v) is 12.6. The highest BCUT2D eigenvalue weighted by atomic mass is 32.2. The van der Waals surface area contributed by atoms with E-state index in [1.54, 1.807) is 12.3 Å². The van der Waals surface area contributed by atoms with Gasteiger partial charge < -0.3 is 9.73 Å². The summed E-state index contributed by atoms with van der Waals surface area (Å²) in [4.78, 5) is 0. The van der Waals surface area contributed by atoms with E-state index in [9.17, 15) is 0 Å². The van der Waals surface area contributed by atoms with Crippen LogP contribution >= 0.6 is 23.1 Å². The molecule has 0 atom stereocenters. The highest BCUT2D eigenvalue weighted by Crippen LogP contribution is 2.30. The first-order valence-electron chi connectivity index (χ1n) is 6.20. The lowest BCUT2D eigenvalue weighted by Gasteiger charge is -1.97. The predicted molar refractivity (Wildman–Crippen MR) is 78.6 cm³/mol. The zero-order chi connectivity index (χ0) is 14.8. The van der Waals surface area contributed by atoms with Gasteiger partial charge in [0, 0.05) is 0 Å². The third-order valence-corrected chi connectivity index (χ3v) is 4.50. The van der Waals surface area contributed by atoms with Crippen molar-refractivity contribution in [3.05, 3.63) is 36.3 Å². The van der Waals surface area contributed by atoms with E-state index in [2.05, 4.69) is 36.1 Å². The number of tetrazole rings is 1. The van der Waals surface area contributed by atoms with Crippen LogP contribution in [0.15, 0.2) is 44.3 Å². The molecule has 0 unspecified atom stereocenters. The smallest absolute Gasteiger partial charge is 0.206 e.